The predicted octanol–water partition coefficient (Wildman–Crippen LogP) is 6.88. The molecule has 0 amide bonds. The van der Waals surface area contributed by atoms with Gasteiger partial charge in [-0.25, -0.2) is 0 Å². The Bertz CT molecular complexity index is 478. The number of hydrogen-bond acceptors (Lipinski definition) is 2. The Balaban J connectivity index is 0.000000279. The molecule has 0 saturated heterocycles. The summed E-state index contributed by atoms with van der Waals surface area (Å²) in [5.74, 6) is 0. The van der Waals surface area contributed by atoms with Gasteiger partial charge in [0.1, 0.15) is 0 Å². The van der Waals surface area contributed by atoms with Crippen LogP contribution in [0, 0.1) is 0 Å². The monoisotopic (exact) mass is 519 g/mol. The van der Waals surface area contributed by atoms with Gasteiger partial charge in [-0.1, -0.05) is 0 Å². The molecule has 0 atom stereocenters. The predicted molar refractivity (Wildman–Crippen MR) is 104 cm³/mol. The molecule has 8 heteroatoms. The maximum absolute atomic E-state index is 10.7. The fourth-order valence-corrected chi connectivity index (χ4v) is 20.2. The van der Waals surface area contributed by atoms with Crippen LogP contribution in [-0.2, 0) is 10.1 Å². The van der Waals surface area contributed by atoms with E-state index in [-0.39, 0.29) is 0 Å². The Kier molecular flexibility index (Phi) is 9.72. The van der Waals surface area contributed by atoms with Crippen molar-refractivity contribution >= 4 is 29.9 Å². The molecule has 0 unspecified atom stereocenters. The zero-order valence-electron chi connectivity index (χ0n) is 16.1. The van der Waals surface area contributed by atoms with Crippen LogP contribution in [0.2, 0.25) is 11.8 Å². The third-order valence-corrected chi connectivity index (χ3v) is 20.1. The molecule has 0 spiro atoms. The Morgan fingerprint density at radius 3 is 1.04 bits per heavy atom. The molecule has 3 aliphatic rings. The van der Waals surface area contributed by atoms with Crippen molar-refractivity contribution in [3.8, 4) is 0 Å². The average Bonchev–Trinajstić information content (AvgIpc) is 2.64. The zero-order chi connectivity index (χ0) is 19.9. The molecule has 0 aliphatic heterocycles. The molecular formula is C19H34F3O3SSn. The molecule has 3 saturated carbocycles. The summed E-state index contributed by atoms with van der Waals surface area (Å²) >= 11 is -1.15. The zero-order valence-corrected chi connectivity index (χ0v) is 19.8. The second-order valence-corrected chi connectivity index (χ2v) is 19.7. The molecule has 1 N–H and O–H groups in total. The number of halogens is 3. The third kappa shape index (κ3) is 7.68. The third-order valence-electron chi connectivity index (χ3n) is 6.52. The molecule has 3 nitrogen and oxygen atoms in total. The molecule has 0 heterocycles. The van der Waals surface area contributed by atoms with Crippen LogP contribution in [0.1, 0.15) is 96.3 Å². The van der Waals surface area contributed by atoms with E-state index in [4.69, 9.17) is 13.0 Å². The minimum atomic E-state index is -5.84. The van der Waals surface area contributed by atoms with Crippen molar-refractivity contribution in [2.24, 2.45) is 0 Å². The van der Waals surface area contributed by atoms with E-state index in [9.17, 15) is 13.2 Å². The average molecular weight is 518 g/mol. The summed E-state index contributed by atoms with van der Waals surface area (Å²) in [7, 11) is -5.84. The van der Waals surface area contributed by atoms with Crippen molar-refractivity contribution in [1.29, 1.82) is 0 Å². The van der Waals surface area contributed by atoms with Crippen molar-refractivity contribution in [3.05, 3.63) is 0 Å². The summed E-state index contributed by atoms with van der Waals surface area (Å²) in [6.07, 6.45) is 24.2. The smallest absolute Gasteiger partial charge is 0.279 e. The molecule has 3 rings (SSSR count). The minimum Gasteiger partial charge on any atom is -0.279 e. The fourth-order valence-electron chi connectivity index (χ4n) is 5.31. The number of rotatable bonds is 3. The van der Waals surface area contributed by atoms with Gasteiger partial charge in [0.2, 0.25) is 0 Å². The molecule has 0 aromatic rings. The first-order valence-electron chi connectivity index (χ1n) is 10.6. The summed E-state index contributed by atoms with van der Waals surface area (Å²) in [5.41, 5.74) is -5.53. The maximum atomic E-state index is 10.7. The molecule has 3 aliphatic carbocycles. The van der Waals surface area contributed by atoms with Gasteiger partial charge < -0.3 is 0 Å². The van der Waals surface area contributed by atoms with E-state index in [0.29, 0.717) is 0 Å². The second kappa shape index (κ2) is 11.0. The van der Waals surface area contributed by atoms with Crippen molar-refractivity contribution < 1.29 is 26.1 Å². The summed E-state index contributed by atoms with van der Waals surface area (Å²) in [5, 5.41) is 0. The first kappa shape index (κ1) is 23.8. The van der Waals surface area contributed by atoms with Crippen molar-refractivity contribution in [2.45, 2.75) is 114 Å². The molecule has 1 radical (unpaired) electrons. The van der Waals surface area contributed by atoms with Gasteiger partial charge in [-0.05, 0) is 0 Å². The Hall–Kier alpha value is 0.499. The number of hydrogen-bond donors (Lipinski definition) is 1. The summed E-state index contributed by atoms with van der Waals surface area (Å²) in [4.78, 5) is 0. The SMILES string of the molecule is C1CC[CH]([Sn]([CH]2CCCCC2)[CH]2CCCCC2)CC1.O=S(=O)(O)C(F)(F)F. The van der Waals surface area contributed by atoms with Crippen molar-refractivity contribution in [1.82, 2.24) is 0 Å². The molecule has 0 aromatic heterocycles. The van der Waals surface area contributed by atoms with E-state index >= 15 is 0 Å². The molecule has 0 bridgehead atoms. The van der Waals surface area contributed by atoms with E-state index in [1.807, 2.05) is 0 Å². The van der Waals surface area contributed by atoms with Crippen LogP contribution in [0.4, 0.5) is 13.2 Å². The van der Waals surface area contributed by atoms with Gasteiger partial charge in [0.05, 0.1) is 0 Å². The Morgan fingerprint density at radius 1 is 0.630 bits per heavy atom. The molecule has 27 heavy (non-hydrogen) atoms. The fraction of sp³-hybridized carbons (Fsp3) is 1.00. The standard InChI is InChI=1S/3C6H11.CHF3O3S.Sn/c3*1-2-4-6-5-3-1;2-1(3,4)8(5,6)7;/h3*1H,2-6H2;(H,5,6,7);. The van der Waals surface area contributed by atoms with Crippen LogP contribution >= 0.6 is 0 Å². The van der Waals surface area contributed by atoms with Gasteiger partial charge in [0.25, 0.3) is 0 Å². The molecule has 0 aromatic carbocycles. The Morgan fingerprint density at radius 2 is 0.852 bits per heavy atom. The normalized spacial score (nSPS) is 24.5. The van der Waals surface area contributed by atoms with Gasteiger partial charge in [-0.3, -0.25) is 4.55 Å². The minimum absolute atomic E-state index is 1.15. The van der Waals surface area contributed by atoms with E-state index < -0.39 is 35.4 Å². The summed E-state index contributed by atoms with van der Waals surface area (Å²) in [6, 6.07) is 0. The van der Waals surface area contributed by atoms with E-state index in [1.165, 1.54) is 11.8 Å². The largest absolute Gasteiger partial charge is 0.522 e. The number of alkyl halides is 3. The summed E-state index contributed by atoms with van der Waals surface area (Å²) < 4.78 is 61.5. The van der Waals surface area contributed by atoms with E-state index in [1.54, 1.807) is 96.3 Å². The quantitative estimate of drug-likeness (QED) is 0.252. The van der Waals surface area contributed by atoms with Crippen LogP contribution < -0.4 is 0 Å². The molecular weight excluding hydrogens is 484 g/mol. The first-order valence-corrected chi connectivity index (χ1v) is 17.0. The van der Waals surface area contributed by atoms with Gasteiger partial charge in [-0.2, -0.15) is 21.6 Å². The van der Waals surface area contributed by atoms with Crippen LogP contribution in [0.5, 0.6) is 0 Å². The van der Waals surface area contributed by atoms with Crippen LogP contribution in [0.3, 0.4) is 0 Å². The Labute approximate surface area is 169 Å². The van der Waals surface area contributed by atoms with Crippen LogP contribution in [-0.4, -0.2) is 38.2 Å². The van der Waals surface area contributed by atoms with Gasteiger partial charge in [-0.15, -0.1) is 0 Å². The summed E-state index contributed by atoms with van der Waals surface area (Å²) in [6.45, 7) is 0. The topological polar surface area (TPSA) is 54.4 Å². The maximum Gasteiger partial charge on any atom is 0.522 e. The van der Waals surface area contributed by atoms with Crippen molar-refractivity contribution in [2.75, 3.05) is 0 Å². The van der Waals surface area contributed by atoms with Crippen LogP contribution in [0.25, 0.3) is 0 Å². The van der Waals surface area contributed by atoms with E-state index in [2.05, 4.69) is 0 Å². The van der Waals surface area contributed by atoms with Gasteiger partial charge >= 0.3 is 143 Å². The van der Waals surface area contributed by atoms with Crippen molar-refractivity contribution in [3.63, 3.8) is 0 Å². The second-order valence-electron chi connectivity index (χ2n) is 8.43. The molecule has 3 fully saturated rings. The van der Waals surface area contributed by atoms with Gasteiger partial charge in [0, 0.05) is 0 Å². The van der Waals surface area contributed by atoms with E-state index in [0.717, 1.165) is 0 Å². The van der Waals surface area contributed by atoms with Crippen LogP contribution in [0.15, 0.2) is 0 Å². The van der Waals surface area contributed by atoms with Gasteiger partial charge in [0.15, 0.2) is 0 Å². The first-order chi connectivity index (χ1) is 12.7. The molecule has 159 valence electrons.